The smallest absolute Gasteiger partial charge is 0.485 e. The van der Waals surface area contributed by atoms with Gasteiger partial charge in [0.1, 0.15) is 0 Å². The van der Waals surface area contributed by atoms with Gasteiger partial charge in [-0.2, -0.15) is 26.3 Å². The van der Waals surface area contributed by atoms with Gasteiger partial charge in [0.05, 0.1) is 0 Å². The molecule has 0 spiro atoms. The Morgan fingerprint density at radius 3 is 1.86 bits per heavy atom. The fraction of sp³-hybridized carbons (Fsp3) is 0.273. The third-order valence-electron chi connectivity index (χ3n) is 1.53. The predicted molar refractivity (Wildman–Crippen MR) is 60.0 cm³/mol. The Hall–Kier alpha value is -1.00. The van der Waals surface area contributed by atoms with E-state index in [1.54, 1.807) is 12.1 Å². The van der Waals surface area contributed by atoms with Crippen LogP contribution >= 0.6 is 0 Å². The first kappa shape index (κ1) is 21.0. The van der Waals surface area contributed by atoms with Crippen LogP contribution in [0.2, 0.25) is 0 Å². The van der Waals surface area contributed by atoms with E-state index in [9.17, 15) is 26.3 Å². The zero-order chi connectivity index (χ0) is 17.4. The van der Waals surface area contributed by atoms with Crippen molar-refractivity contribution in [2.24, 2.45) is 0 Å². The summed E-state index contributed by atoms with van der Waals surface area (Å²) in [5.41, 5.74) is -4.87. The molecular formula is C11H7F6IO3S. The highest BCUT2D eigenvalue weighted by molar-refractivity contribution is 7.86. The molecule has 0 heterocycles. The Bertz CT molecular complexity index is 613. The van der Waals surface area contributed by atoms with Gasteiger partial charge < -0.3 is 4.55 Å². The van der Waals surface area contributed by atoms with Gasteiger partial charge >= 0.3 is 32.9 Å². The maximum atomic E-state index is 11.7. The number of rotatable bonds is 1. The summed E-state index contributed by atoms with van der Waals surface area (Å²) in [4.78, 5) is 0. The molecule has 0 aliphatic rings. The lowest BCUT2D eigenvalue weighted by Crippen LogP contribution is -3.61. The maximum Gasteiger partial charge on any atom is 0.485 e. The normalized spacial score (nSPS) is 11.8. The number of hydrogen-bond acceptors (Lipinski definition) is 3. The summed E-state index contributed by atoms with van der Waals surface area (Å²) in [5.74, 6) is 2.72. The molecule has 0 saturated heterocycles. The van der Waals surface area contributed by atoms with E-state index < -0.39 is 47.4 Å². The largest absolute Gasteiger partial charge is 0.741 e. The van der Waals surface area contributed by atoms with Crippen molar-refractivity contribution in [3.8, 4) is 9.85 Å². The van der Waals surface area contributed by atoms with Gasteiger partial charge in [-0.1, -0.05) is 18.2 Å². The van der Waals surface area contributed by atoms with Crippen LogP contribution in [-0.2, 0) is 10.1 Å². The first-order chi connectivity index (χ1) is 9.83. The molecule has 0 aliphatic carbocycles. The molecule has 0 aliphatic heterocycles. The van der Waals surface area contributed by atoms with Crippen molar-refractivity contribution in [3.05, 3.63) is 35.9 Å². The third-order valence-corrected chi connectivity index (χ3v) is 4.00. The second-order valence-corrected chi connectivity index (χ2v) is 6.80. The molecule has 1 aromatic rings. The van der Waals surface area contributed by atoms with E-state index in [1.165, 1.54) is 0 Å². The summed E-state index contributed by atoms with van der Waals surface area (Å²) in [6.07, 6.45) is -4.06. The van der Waals surface area contributed by atoms with E-state index in [1.807, 2.05) is 18.2 Å². The topological polar surface area (TPSA) is 57.2 Å². The number of alkyl halides is 7. The van der Waals surface area contributed by atoms with Crippen LogP contribution in [0, 0.1) is 9.85 Å². The zero-order valence-corrected chi connectivity index (χ0v) is 13.3. The van der Waals surface area contributed by atoms with Crippen LogP contribution in [0.5, 0.6) is 0 Å². The van der Waals surface area contributed by atoms with Crippen LogP contribution in [0.3, 0.4) is 0 Å². The number of benzene rings is 1. The Kier molecular flexibility index (Phi) is 8.19. The maximum absolute atomic E-state index is 11.7. The van der Waals surface area contributed by atoms with E-state index in [2.05, 4.69) is 9.85 Å². The minimum absolute atomic E-state index is 0.730. The van der Waals surface area contributed by atoms with Gasteiger partial charge in [0.15, 0.2) is 14.0 Å². The molecule has 1 aromatic carbocycles. The Labute approximate surface area is 132 Å². The van der Waals surface area contributed by atoms with Crippen LogP contribution in [0.15, 0.2) is 30.3 Å². The van der Waals surface area contributed by atoms with Crippen LogP contribution in [0.4, 0.5) is 26.3 Å². The average Bonchev–Trinajstić information content (AvgIpc) is 2.33. The highest BCUT2D eigenvalue weighted by Crippen LogP contribution is 2.20. The summed E-state index contributed by atoms with van der Waals surface area (Å²) in [6, 6.07) is 9.03. The van der Waals surface area contributed by atoms with Crippen molar-refractivity contribution in [3.63, 3.8) is 0 Å². The molecule has 0 fully saturated rings. The molecule has 0 bridgehead atoms. The number of halogens is 7. The van der Waals surface area contributed by atoms with Crippen molar-refractivity contribution in [2.75, 3.05) is 4.43 Å². The Balaban J connectivity index is 0.000000472. The standard InChI is InChI=1S/C10H7F3I.CHF3O3S/c11-10(12,13)8-14-7-6-9-4-2-1-3-5-9;2-1(3,4)8(5,6)7/h1-5H,8H2;(H,5,6,7)/q+1;/p-1. The van der Waals surface area contributed by atoms with Crippen LogP contribution in [0.1, 0.15) is 5.56 Å². The van der Waals surface area contributed by atoms with Gasteiger partial charge in [0.25, 0.3) is 4.43 Å². The molecule has 0 saturated carbocycles. The molecule has 0 N–H and O–H groups in total. The van der Waals surface area contributed by atoms with Gasteiger partial charge in [0.2, 0.25) is 0 Å². The van der Waals surface area contributed by atoms with Crippen LogP contribution in [0.25, 0.3) is 0 Å². The van der Waals surface area contributed by atoms with Crippen molar-refractivity contribution >= 4 is 10.1 Å². The van der Waals surface area contributed by atoms with Gasteiger partial charge in [-0.25, -0.2) is 8.42 Å². The summed E-state index contributed by atoms with van der Waals surface area (Å²) < 4.78 is 96.0. The number of hydrogen-bond donors (Lipinski definition) is 0. The van der Waals surface area contributed by atoms with E-state index in [0.717, 1.165) is 5.56 Å². The highest BCUT2D eigenvalue weighted by Gasteiger charge is 2.37. The van der Waals surface area contributed by atoms with Gasteiger partial charge in [-0.05, 0) is 18.1 Å². The summed E-state index contributed by atoms with van der Waals surface area (Å²) >= 11 is -1.08. The molecule has 1 rings (SSSR count). The molecule has 0 aromatic heterocycles. The zero-order valence-electron chi connectivity index (χ0n) is 10.4. The molecule has 11 heteroatoms. The Morgan fingerprint density at radius 1 is 1.05 bits per heavy atom. The third kappa shape index (κ3) is 10.7. The molecule has 0 amide bonds. The highest BCUT2D eigenvalue weighted by atomic mass is 127. The molecule has 0 radical (unpaired) electrons. The minimum Gasteiger partial charge on any atom is -0.741 e. The molecular weight excluding hydrogens is 453 g/mol. The lowest BCUT2D eigenvalue weighted by molar-refractivity contribution is -0.596. The Morgan fingerprint density at radius 2 is 1.50 bits per heavy atom. The molecule has 0 atom stereocenters. The van der Waals surface area contributed by atoms with Crippen molar-refractivity contribution in [1.29, 1.82) is 0 Å². The summed E-state index contributed by atoms with van der Waals surface area (Å²) in [6.45, 7) is 0. The van der Waals surface area contributed by atoms with Crippen LogP contribution in [-0.4, -0.2) is 29.1 Å². The SMILES string of the molecule is FC(F)(F)C[I+]C#Cc1ccccc1.O=S(=O)([O-])C(F)(F)F. The van der Waals surface area contributed by atoms with Gasteiger partial charge in [0, 0.05) is 5.56 Å². The first-order valence-electron chi connectivity index (χ1n) is 5.06. The molecule has 3 nitrogen and oxygen atoms in total. The van der Waals surface area contributed by atoms with E-state index in [0.29, 0.717) is 0 Å². The van der Waals surface area contributed by atoms with Crippen molar-refractivity contribution in [1.82, 2.24) is 0 Å². The van der Waals surface area contributed by atoms with Crippen molar-refractivity contribution < 1.29 is 60.5 Å². The van der Waals surface area contributed by atoms with E-state index in [4.69, 9.17) is 13.0 Å². The quantitative estimate of drug-likeness (QED) is 0.145. The second-order valence-electron chi connectivity index (χ2n) is 3.37. The minimum atomic E-state index is -6.09. The fourth-order valence-electron chi connectivity index (χ4n) is 0.719. The first-order valence-corrected chi connectivity index (χ1v) is 9.07. The molecule has 22 heavy (non-hydrogen) atoms. The van der Waals surface area contributed by atoms with E-state index >= 15 is 0 Å². The monoisotopic (exact) mass is 460 g/mol. The fourth-order valence-corrected chi connectivity index (χ4v) is 1.84. The predicted octanol–water partition coefficient (Wildman–Crippen LogP) is -0.302. The molecule has 124 valence electrons. The second kappa shape index (κ2) is 8.59. The summed E-state index contributed by atoms with van der Waals surface area (Å²) in [5, 5.41) is 0. The van der Waals surface area contributed by atoms with E-state index in [-0.39, 0.29) is 0 Å². The average molecular weight is 460 g/mol. The lowest BCUT2D eigenvalue weighted by Gasteiger charge is -2.08. The molecule has 0 unspecified atom stereocenters. The summed E-state index contributed by atoms with van der Waals surface area (Å²) in [7, 11) is -6.09. The van der Waals surface area contributed by atoms with Crippen LogP contribution < -0.4 is 21.2 Å². The van der Waals surface area contributed by atoms with Gasteiger partial charge in [-0.3, -0.25) is 0 Å². The van der Waals surface area contributed by atoms with Crippen molar-refractivity contribution in [2.45, 2.75) is 11.7 Å². The van der Waals surface area contributed by atoms with Gasteiger partial charge in [-0.15, -0.1) is 0 Å². The lowest BCUT2D eigenvalue weighted by atomic mass is 10.2.